The Morgan fingerprint density at radius 3 is 2.58 bits per heavy atom. The predicted octanol–water partition coefficient (Wildman–Crippen LogP) is 1.41. The van der Waals surface area contributed by atoms with Crippen LogP contribution in [-0.2, 0) is 16.6 Å². The third kappa shape index (κ3) is 2.91. The molecule has 0 aliphatic heterocycles. The van der Waals surface area contributed by atoms with Crippen LogP contribution in [0.15, 0.2) is 23.1 Å². The van der Waals surface area contributed by atoms with Gasteiger partial charge in [0.1, 0.15) is 10.6 Å². The second-order valence-corrected chi connectivity index (χ2v) is 6.81. The third-order valence-electron chi connectivity index (χ3n) is 3.54. The van der Waals surface area contributed by atoms with Crippen molar-refractivity contribution in [3.8, 4) is 5.75 Å². The zero-order valence-electron chi connectivity index (χ0n) is 11.1. The summed E-state index contributed by atoms with van der Waals surface area (Å²) in [7, 11) is -2.21. The van der Waals surface area contributed by atoms with Crippen molar-refractivity contribution in [2.75, 3.05) is 7.11 Å². The van der Waals surface area contributed by atoms with Crippen molar-refractivity contribution in [1.29, 1.82) is 0 Å². The number of nitrogens with one attached hydrogen (secondary N) is 1. The SMILES string of the molecule is COc1ccc(CO)cc1S(=O)(=O)NC1(C)CCC1. The van der Waals surface area contributed by atoms with Gasteiger partial charge in [-0.05, 0) is 43.9 Å². The van der Waals surface area contributed by atoms with Crippen LogP contribution in [0, 0.1) is 0 Å². The summed E-state index contributed by atoms with van der Waals surface area (Å²) in [6.07, 6.45) is 2.72. The largest absolute Gasteiger partial charge is 0.495 e. The summed E-state index contributed by atoms with van der Waals surface area (Å²) in [4.78, 5) is 0.0784. The molecule has 0 heterocycles. The molecule has 19 heavy (non-hydrogen) atoms. The molecule has 0 spiro atoms. The molecule has 6 heteroatoms. The minimum atomic E-state index is -3.64. The zero-order valence-corrected chi connectivity index (χ0v) is 12.0. The first kappa shape index (κ1) is 14.3. The van der Waals surface area contributed by atoms with Gasteiger partial charge in [-0.3, -0.25) is 0 Å². The van der Waals surface area contributed by atoms with E-state index in [-0.39, 0.29) is 22.8 Å². The quantitative estimate of drug-likeness (QED) is 0.857. The van der Waals surface area contributed by atoms with Gasteiger partial charge in [-0.25, -0.2) is 13.1 Å². The molecule has 0 unspecified atom stereocenters. The van der Waals surface area contributed by atoms with Crippen LogP contribution in [0.2, 0.25) is 0 Å². The van der Waals surface area contributed by atoms with Crippen molar-refractivity contribution in [2.24, 2.45) is 0 Å². The summed E-state index contributed by atoms with van der Waals surface area (Å²) < 4.78 is 32.6. The van der Waals surface area contributed by atoms with Gasteiger partial charge in [0.15, 0.2) is 0 Å². The lowest BCUT2D eigenvalue weighted by Crippen LogP contribution is -2.50. The van der Waals surface area contributed by atoms with Gasteiger partial charge in [0.2, 0.25) is 10.0 Å². The normalized spacial score (nSPS) is 17.8. The predicted molar refractivity (Wildman–Crippen MR) is 71.5 cm³/mol. The van der Waals surface area contributed by atoms with E-state index in [0.29, 0.717) is 5.56 Å². The molecular formula is C13H19NO4S. The fourth-order valence-corrected chi connectivity index (χ4v) is 3.90. The van der Waals surface area contributed by atoms with Crippen LogP contribution in [0.4, 0.5) is 0 Å². The van der Waals surface area contributed by atoms with Gasteiger partial charge in [-0.1, -0.05) is 6.07 Å². The summed E-state index contributed by atoms with van der Waals surface area (Å²) in [6, 6.07) is 4.65. The van der Waals surface area contributed by atoms with Crippen molar-refractivity contribution < 1.29 is 18.3 Å². The molecule has 0 amide bonds. The van der Waals surface area contributed by atoms with Crippen LogP contribution < -0.4 is 9.46 Å². The van der Waals surface area contributed by atoms with Gasteiger partial charge >= 0.3 is 0 Å². The number of aliphatic hydroxyl groups is 1. The summed E-state index contributed by atoms with van der Waals surface area (Å²) >= 11 is 0. The lowest BCUT2D eigenvalue weighted by Gasteiger charge is -2.38. The first-order valence-electron chi connectivity index (χ1n) is 6.22. The molecular weight excluding hydrogens is 266 g/mol. The van der Waals surface area contributed by atoms with Crippen LogP contribution in [0.5, 0.6) is 5.75 Å². The van der Waals surface area contributed by atoms with Crippen molar-refractivity contribution >= 4 is 10.0 Å². The van der Waals surface area contributed by atoms with E-state index in [1.54, 1.807) is 12.1 Å². The fourth-order valence-electron chi connectivity index (χ4n) is 2.22. The third-order valence-corrected chi connectivity index (χ3v) is 5.20. The van der Waals surface area contributed by atoms with E-state index in [0.717, 1.165) is 19.3 Å². The molecule has 0 saturated heterocycles. The first-order valence-corrected chi connectivity index (χ1v) is 7.70. The van der Waals surface area contributed by atoms with Crippen molar-refractivity contribution in [3.63, 3.8) is 0 Å². The van der Waals surface area contributed by atoms with Crippen LogP contribution >= 0.6 is 0 Å². The summed E-state index contributed by atoms with van der Waals surface area (Å²) in [5, 5.41) is 9.13. The molecule has 1 aliphatic rings. The molecule has 0 bridgehead atoms. The monoisotopic (exact) mass is 285 g/mol. The highest BCUT2D eigenvalue weighted by Crippen LogP contribution is 2.34. The molecule has 0 radical (unpaired) electrons. The number of hydrogen-bond acceptors (Lipinski definition) is 4. The minimum Gasteiger partial charge on any atom is -0.495 e. The Kier molecular flexibility index (Phi) is 3.85. The molecule has 1 aliphatic carbocycles. The van der Waals surface area contributed by atoms with Gasteiger partial charge in [-0.2, -0.15) is 0 Å². The zero-order chi connectivity index (χ0) is 14.1. The molecule has 5 nitrogen and oxygen atoms in total. The van der Waals surface area contributed by atoms with E-state index in [2.05, 4.69) is 4.72 Å². The first-order chi connectivity index (χ1) is 8.90. The molecule has 1 aromatic rings. The van der Waals surface area contributed by atoms with Gasteiger partial charge in [0.25, 0.3) is 0 Å². The van der Waals surface area contributed by atoms with E-state index in [1.165, 1.54) is 13.2 Å². The number of sulfonamides is 1. The van der Waals surface area contributed by atoms with Gasteiger partial charge in [-0.15, -0.1) is 0 Å². The molecule has 106 valence electrons. The number of rotatable bonds is 5. The topological polar surface area (TPSA) is 75.6 Å². The highest BCUT2D eigenvalue weighted by atomic mass is 32.2. The van der Waals surface area contributed by atoms with Crippen LogP contribution in [-0.4, -0.2) is 26.2 Å². The Morgan fingerprint density at radius 1 is 1.42 bits per heavy atom. The maximum atomic E-state index is 12.4. The number of ether oxygens (including phenoxy) is 1. The summed E-state index contributed by atoms with van der Waals surface area (Å²) in [5.74, 6) is 0.285. The number of benzene rings is 1. The Morgan fingerprint density at radius 2 is 2.11 bits per heavy atom. The molecule has 0 atom stereocenters. The Hall–Kier alpha value is -1.11. The average Bonchev–Trinajstić information content (AvgIpc) is 2.35. The molecule has 0 aromatic heterocycles. The summed E-state index contributed by atoms with van der Waals surface area (Å²) in [5.41, 5.74) is 0.180. The van der Waals surface area contributed by atoms with Crippen molar-refractivity contribution in [1.82, 2.24) is 4.72 Å². The number of methoxy groups -OCH3 is 1. The standard InChI is InChI=1S/C13H19NO4S/c1-13(6-3-7-13)14-19(16,17)12-8-10(9-15)4-5-11(12)18-2/h4-5,8,14-15H,3,6-7,9H2,1-2H3. The average molecular weight is 285 g/mol. The fraction of sp³-hybridized carbons (Fsp3) is 0.538. The van der Waals surface area contributed by atoms with E-state index in [9.17, 15) is 8.42 Å². The maximum Gasteiger partial charge on any atom is 0.244 e. The van der Waals surface area contributed by atoms with Gasteiger partial charge in [0.05, 0.1) is 13.7 Å². The lowest BCUT2D eigenvalue weighted by atomic mass is 9.80. The van der Waals surface area contributed by atoms with E-state index < -0.39 is 10.0 Å². The maximum absolute atomic E-state index is 12.4. The Labute approximate surface area is 113 Å². The summed E-state index contributed by atoms with van der Waals surface area (Å²) in [6.45, 7) is 1.69. The Balaban J connectivity index is 2.38. The second-order valence-electron chi connectivity index (χ2n) is 5.16. The van der Waals surface area contributed by atoms with E-state index in [1.807, 2.05) is 6.92 Å². The van der Waals surface area contributed by atoms with E-state index in [4.69, 9.17) is 9.84 Å². The van der Waals surface area contributed by atoms with Crippen LogP contribution in [0.3, 0.4) is 0 Å². The van der Waals surface area contributed by atoms with Gasteiger partial charge < -0.3 is 9.84 Å². The highest BCUT2D eigenvalue weighted by molar-refractivity contribution is 7.89. The number of hydrogen-bond donors (Lipinski definition) is 2. The van der Waals surface area contributed by atoms with E-state index >= 15 is 0 Å². The molecule has 1 fully saturated rings. The smallest absolute Gasteiger partial charge is 0.244 e. The molecule has 1 saturated carbocycles. The molecule has 2 rings (SSSR count). The number of aliphatic hydroxyl groups excluding tert-OH is 1. The van der Waals surface area contributed by atoms with Crippen molar-refractivity contribution in [3.05, 3.63) is 23.8 Å². The minimum absolute atomic E-state index is 0.0784. The Bertz CT molecular complexity index is 564. The highest BCUT2D eigenvalue weighted by Gasteiger charge is 2.37. The van der Waals surface area contributed by atoms with Crippen molar-refractivity contribution in [2.45, 2.75) is 43.2 Å². The molecule has 2 N–H and O–H groups in total. The van der Waals surface area contributed by atoms with Crippen LogP contribution in [0.1, 0.15) is 31.7 Å². The lowest BCUT2D eigenvalue weighted by molar-refractivity contribution is 0.247. The second kappa shape index (κ2) is 5.11. The molecule has 1 aromatic carbocycles. The van der Waals surface area contributed by atoms with Gasteiger partial charge in [0, 0.05) is 5.54 Å². The van der Waals surface area contributed by atoms with Crippen LogP contribution in [0.25, 0.3) is 0 Å².